The molecular formula is C33H32Cl4FN7O2. The van der Waals surface area contributed by atoms with Crippen LogP contribution in [0.4, 0.5) is 15.8 Å². The molecule has 0 radical (unpaired) electrons. The van der Waals surface area contributed by atoms with Crippen LogP contribution in [0.3, 0.4) is 0 Å². The summed E-state index contributed by atoms with van der Waals surface area (Å²) in [4.78, 5) is 40.5. The summed E-state index contributed by atoms with van der Waals surface area (Å²) in [6.45, 7) is 13.9. The number of pyridine rings is 2. The van der Waals surface area contributed by atoms with Gasteiger partial charge in [-0.15, -0.1) is 0 Å². The number of piperazine rings is 1. The average Bonchev–Trinajstić information content (AvgIpc) is 3.02. The zero-order chi connectivity index (χ0) is 34.6. The highest BCUT2D eigenvalue weighted by Crippen LogP contribution is 2.47. The molecule has 2 aliphatic heterocycles. The van der Waals surface area contributed by atoms with Crippen molar-refractivity contribution in [3.05, 3.63) is 72.8 Å². The highest BCUT2D eigenvalue weighted by molar-refractivity contribution is 6.47. The molecule has 1 unspecified atom stereocenters. The second kappa shape index (κ2) is 13.1. The van der Waals surface area contributed by atoms with Crippen molar-refractivity contribution in [2.24, 2.45) is 16.8 Å². The van der Waals surface area contributed by atoms with E-state index in [-0.39, 0.29) is 68.0 Å². The lowest BCUT2D eigenvalue weighted by molar-refractivity contribution is -0.130. The summed E-state index contributed by atoms with van der Waals surface area (Å²) in [5.41, 5.74) is 6.54. The molecule has 5 rings (SSSR count). The Kier molecular flexibility index (Phi) is 9.69. The van der Waals surface area contributed by atoms with Crippen molar-refractivity contribution in [3.8, 4) is 17.3 Å². The van der Waals surface area contributed by atoms with Crippen molar-refractivity contribution >= 4 is 80.4 Å². The summed E-state index contributed by atoms with van der Waals surface area (Å²) in [7, 11) is 0. The number of hydrogen-bond donors (Lipinski definition) is 1. The van der Waals surface area contributed by atoms with E-state index in [4.69, 9.17) is 57.1 Å². The van der Waals surface area contributed by atoms with E-state index in [1.54, 1.807) is 17.2 Å². The van der Waals surface area contributed by atoms with Gasteiger partial charge in [-0.3, -0.25) is 19.1 Å². The third-order valence-electron chi connectivity index (χ3n) is 8.71. The van der Waals surface area contributed by atoms with Crippen molar-refractivity contribution in [1.29, 1.82) is 5.26 Å². The van der Waals surface area contributed by atoms with Gasteiger partial charge in [0.1, 0.15) is 22.3 Å². The average molecular weight is 719 g/mol. The lowest BCUT2D eigenvalue weighted by Crippen LogP contribution is -2.58. The van der Waals surface area contributed by atoms with Crippen molar-refractivity contribution in [1.82, 2.24) is 14.5 Å². The second-order valence-electron chi connectivity index (χ2n) is 12.2. The molecule has 246 valence electrons. The Morgan fingerprint density at radius 1 is 1.15 bits per heavy atom. The normalized spacial score (nSPS) is 21.3. The predicted molar refractivity (Wildman–Crippen MR) is 188 cm³/mol. The fourth-order valence-corrected chi connectivity index (χ4v) is 7.60. The zero-order valence-corrected chi connectivity index (χ0v) is 29.3. The number of benzene rings is 1. The maximum atomic E-state index is 14.7. The van der Waals surface area contributed by atoms with E-state index in [9.17, 15) is 19.2 Å². The Balaban J connectivity index is 1.91. The maximum absolute atomic E-state index is 14.7. The monoisotopic (exact) mass is 717 g/mol. The summed E-state index contributed by atoms with van der Waals surface area (Å²) in [5, 5.41) is 9.82. The van der Waals surface area contributed by atoms with Crippen LogP contribution in [0.5, 0.6) is 0 Å². The summed E-state index contributed by atoms with van der Waals surface area (Å²) < 4.78 is 16.2. The molecule has 1 aromatic carbocycles. The molecule has 1 saturated heterocycles. The van der Waals surface area contributed by atoms with Crippen molar-refractivity contribution in [3.63, 3.8) is 0 Å². The van der Waals surface area contributed by atoms with Crippen LogP contribution in [-0.2, 0) is 4.79 Å². The van der Waals surface area contributed by atoms with E-state index < -0.39 is 27.5 Å². The van der Waals surface area contributed by atoms with Crippen LogP contribution in [-0.4, -0.2) is 51.2 Å². The Labute approximate surface area is 291 Å². The van der Waals surface area contributed by atoms with Crippen molar-refractivity contribution in [2.45, 2.75) is 52.7 Å². The SMILES string of the molecule is C=CC(=O)N1[C@H](C)CN(c2c(C#N)c(=O)n(C3C(C(C)C)=NC=C[C@H]3C)c3nc(-c4c(N)c(Cl)c(F)c(Cl)c4Cl)c(Cl)cc23)C[C@@H]1C. The molecule has 1 fully saturated rings. The van der Waals surface area contributed by atoms with Gasteiger partial charge in [0.05, 0.1) is 38.2 Å². The summed E-state index contributed by atoms with van der Waals surface area (Å²) in [5.74, 6) is -1.50. The molecule has 0 aliphatic carbocycles. The summed E-state index contributed by atoms with van der Waals surface area (Å²) >= 11 is 25.8. The quantitative estimate of drug-likeness (QED) is 0.125. The zero-order valence-electron chi connectivity index (χ0n) is 26.3. The molecule has 1 amide bonds. The first-order valence-electron chi connectivity index (χ1n) is 14.9. The molecule has 4 atom stereocenters. The van der Waals surface area contributed by atoms with Gasteiger partial charge in [0.25, 0.3) is 5.56 Å². The molecule has 47 heavy (non-hydrogen) atoms. The van der Waals surface area contributed by atoms with Gasteiger partial charge in [0.15, 0.2) is 5.82 Å². The van der Waals surface area contributed by atoms with Gasteiger partial charge >= 0.3 is 0 Å². The van der Waals surface area contributed by atoms with Crippen LogP contribution in [0.2, 0.25) is 20.1 Å². The van der Waals surface area contributed by atoms with Crippen molar-refractivity contribution in [2.75, 3.05) is 23.7 Å². The number of fused-ring (bicyclic) bond motifs is 1. The molecule has 0 saturated carbocycles. The molecule has 0 spiro atoms. The molecule has 4 heterocycles. The number of nitrogen functional groups attached to an aromatic ring is 1. The molecule has 9 nitrogen and oxygen atoms in total. The van der Waals surface area contributed by atoms with Gasteiger partial charge in [-0.05, 0) is 31.9 Å². The molecule has 2 N–H and O–H groups in total. The third kappa shape index (κ3) is 5.67. The van der Waals surface area contributed by atoms with Gasteiger partial charge in [-0.2, -0.15) is 5.26 Å². The predicted octanol–water partition coefficient (Wildman–Crippen LogP) is 7.68. The topological polar surface area (TPSA) is 121 Å². The maximum Gasteiger partial charge on any atom is 0.272 e. The third-order valence-corrected chi connectivity index (χ3v) is 10.2. The Bertz CT molecular complexity index is 1960. The Hall–Kier alpha value is -3.62. The number of anilines is 2. The van der Waals surface area contributed by atoms with Crippen LogP contribution in [0, 0.1) is 29.0 Å². The van der Waals surface area contributed by atoms with Crippen LogP contribution in [0.15, 0.2) is 40.8 Å². The van der Waals surface area contributed by atoms with Gasteiger partial charge in [-0.1, -0.05) is 79.8 Å². The fourth-order valence-electron chi connectivity index (χ4n) is 6.65. The van der Waals surface area contributed by atoms with Crippen LogP contribution in [0.1, 0.15) is 46.2 Å². The van der Waals surface area contributed by atoms with E-state index in [0.29, 0.717) is 29.9 Å². The molecule has 14 heteroatoms. The number of hydrogen-bond acceptors (Lipinski definition) is 7. The number of aromatic nitrogens is 2. The first-order chi connectivity index (χ1) is 22.2. The number of nitrogens with two attached hydrogens (primary N) is 1. The first kappa shape index (κ1) is 34.7. The number of carbonyl (C=O) groups excluding carboxylic acids is 1. The Morgan fingerprint density at radius 3 is 2.36 bits per heavy atom. The minimum absolute atomic E-state index is 0.00647. The van der Waals surface area contributed by atoms with E-state index in [1.807, 2.05) is 45.6 Å². The van der Waals surface area contributed by atoms with Gasteiger partial charge in [0, 0.05) is 54.0 Å². The number of aliphatic imine (C=N–C) groups is 1. The van der Waals surface area contributed by atoms with Gasteiger partial charge in [0.2, 0.25) is 5.91 Å². The molecule has 0 bridgehead atoms. The van der Waals surface area contributed by atoms with E-state index >= 15 is 0 Å². The van der Waals surface area contributed by atoms with Crippen LogP contribution in [0.25, 0.3) is 22.3 Å². The van der Waals surface area contributed by atoms with E-state index in [1.165, 1.54) is 10.6 Å². The summed E-state index contributed by atoms with van der Waals surface area (Å²) in [6, 6.07) is 2.53. The minimum Gasteiger partial charge on any atom is -0.397 e. The number of allylic oxidation sites excluding steroid dienone is 1. The second-order valence-corrected chi connectivity index (χ2v) is 13.7. The highest BCUT2D eigenvalue weighted by Gasteiger charge is 2.37. The molecule has 3 aromatic rings. The summed E-state index contributed by atoms with van der Waals surface area (Å²) in [6.07, 6.45) is 4.84. The lowest BCUT2D eigenvalue weighted by Gasteiger charge is -2.45. The smallest absolute Gasteiger partial charge is 0.272 e. The number of nitrogens with zero attached hydrogens (tertiary/aromatic N) is 6. The van der Waals surface area contributed by atoms with Gasteiger partial charge < -0.3 is 15.5 Å². The largest absolute Gasteiger partial charge is 0.397 e. The molecular weight excluding hydrogens is 687 g/mol. The number of amides is 1. The lowest BCUT2D eigenvalue weighted by atomic mass is 9.88. The minimum atomic E-state index is -0.993. The molecule has 2 aromatic heterocycles. The Morgan fingerprint density at radius 2 is 1.79 bits per heavy atom. The molecule has 2 aliphatic rings. The van der Waals surface area contributed by atoms with Crippen molar-refractivity contribution < 1.29 is 9.18 Å². The number of rotatable bonds is 5. The fraction of sp³-hybridized carbons (Fsp3) is 0.364. The first-order valence-corrected chi connectivity index (χ1v) is 16.4. The standard InChI is InChI=1S/C33H32Cl4FN7O2/c1-7-21(46)44-16(5)12-43(13-17(44)6)31-18-10-20(34)29(22-23(35)24(36)26(38)25(37)27(22)40)42-32(18)45(33(47)19(31)11-39)30-15(4)8-9-41-28(30)14(2)3/h7-10,14-17,30H,1,12-13,40H2,2-6H3/t15-,16-,17+,30?/m1/s1. The highest BCUT2D eigenvalue weighted by atomic mass is 35.5. The number of carbonyl (C=O) groups is 1. The van der Waals surface area contributed by atoms with E-state index in [2.05, 4.69) is 17.6 Å². The van der Waals surface area contributed by atoms with Crippen LogP contribution < -0.4 is 16.2 Å². The number of halogens is 5. The number of nitriles is 1. The van der Waals surface area contributed by atoms with Crippen LogP contribution >= 0.6 is 46.4 Å². The van der Waals surface area contributed by atoms with Gasteiger partial charge in [-0.25, -0.2) is 9.37 Å². The van der Waals surface area contributed by atoms with E-state index in [0.717, 1.165) is 0 Å².